The van der Waals surface area contributed by atoms with Crippen molar-refractivity contribution in [1.29, 1.82) is 0 Å². The van der Waals surface area contributed by atoms with E-state index in [1.165, 1.54) is 0 Å². The molecule has 0 aliphatic carbocycles. The standard InChI is InChI=1S/C19H25N7O/c1-26-19(24-18(21)25-26)23-9-4-10-27-16-7-2-6-15(12-16)17(20)11-14-5-3-8-22-13-14/h2-3,5-8,12-13,17H,4,9-11,20H2,1H3,(H3,21,23,24,25). The zero-order valence-corrected chi connectivity index (χ0v) is 15.4. The van der Waals surface area contributed by atoms with Gasteiger partial charge < -0.3 is 21.5 Å². The average molecular weight is 367 g/mol. The van der Waals surface area contributed by atoms with Crippen LogP contribution in [0.2, 0.25) is 0 Å². The van der Waals surface area contributed by atoms with Crippen LogP contribution in [0, 0.1) is 0 Å². The first-order valence-corrected chi connectivity index (χ1v) is 8.89. The number of rotatable bonds is 9. The molecule has 5 N–H and O–H groups in total. The van der Waals surface area contributed by atoms with Crippen molar-refractivity contribution in [2.24, 2.45) is 12.8 Å². The molecule has 3 aromatic rings. The normalized spacial score (nSPS) is 11.9. The number of pyridine rings is 1. The summed E-state index contributed by atoms with van der Waals surface area (Å²) in [5.74, 6) is 1.73. The van der Waals surface area contributed by atoms with E-state index in [4.69, 9.17) is 16.2 Å². The SMILES string of the molecule is Cn1nc(N)nc1NCCCOc1cccc(C(N)Cc2cccnc2)c1. The summed E-state index contributed by atoms with van der Waals surface area (Å²) in [5, 5.41) is 7.17. The molecule has 0 amide bonds. The molecule has 0 radical (unpaired) electrons. The van der Waals surface area contributed by atoms with Gasteiger partial charge in [0.15, 0.2) is 0 Å². The third-order valence-corrected chi connectivity index (χ3v) is 4.12. The molecule has 1 atom stereocenters. The van der Waals surface area contributed by atoms with E-state index in [-0.39, 0.29) is 12.0 Å². The van der Waals surface area contributed by atoms with Crippen molar-refractivity contribution in [2.45, 2.75) is 18.9 Å². The second-order valence-electron chi connectivity index (χ2n) is 6.29. The van der Waals surface area contributed by atoms with Gasteiger partial charge in [-0.15, -0.1) is 5.10 Å². The minimum Gasteiger partial charge on any atom is -0.494 e. The van der Waals surface area contributed by atoms with Crippen molar-refractivity contribution < 1.29 is 4.74 Å². The largest absolute Gasteiger partial charge is 0.494 e. The number of hydrogen-bond acceptors (Lipinski definition) is 7. The Morgan fingerprint density at radius 3 is 2.89 bits per heavy atom. The predicted octanol–water partition coefficient (Wildman–Crippen LogP) is 1.92. The average Bonchev–Trinajstić information content (AvgIpc) is 2.99. The van der Waals surface area contributed by atoms with Gasteiger partial charge >= 0.3 is 0 Å². The molecule has 8 heteroatoms. The smallest absolute Gasteiger partial charge is 0.241 e. The lowest BCUT2D eigenvalue weighted by molar-refractivity contribution is 0.314. The number of nitrogens with one attached hydrogen (secondary N) is 1. The maximum Gasteiger partial charge on any atom is 0.241 e. The highest BCUT2D eigenvalue weighted by atomic mass is 16.5. The molecule has 0 saturated carbocycles. The highest BCUT2D eigenvalue weighted by Crippen LogP contribution is 2.21. The molecule has 1 unspecified atom stereocenters. The molecule has 0 spiro atoms. The minimum atomic E-state index is -0.0965. The van der Waals surface area contributed by atoms with Crippen LogP contribution in [0.3, 0.4) is 0 Å². The zero-order valence-electron chi connectivity index (χ0n) is 15.4. The van der Waals surface area contributed by atoms with Gasteiger partial charge in [-0.25, -0.2) is 4.68 Å². The number of nitrogen functional groups attached to an aromatic ring is 1. The molecular formula is C19H25N7O. The van der Waals surface area contributed by atoms with E-state index in [1.807, 2.05) is 42.6 Å². The fourth-order valence-corrected chi connectivity index (χ4v) is 2.75. The molecule has 142 valence electrons. The van der Waals surface area contributed by atoms with Gasteiger partial charge in [0.25, 0.3) is 0 Å². The van der Waals surface area contributed by atoms with E-state index in [0.29, 0.717) is 19.1 Å². The second kappa shape index (κ2) is 9.00. The Hall–Kier alpha value is -3.13. The van der Waals surface area contributed by atoms with Crippen molar-refractivity contribution in [2.75, 3.05) is 24.2 Å². The first-order valence-electron chi connectivity index (χ1n) is 8.89. The number of anilines is 2. The molecule has 2 aromatic heterocycles. The summed E-state index contributed by atoms with van der Waals surface area (Å²) in [4.78, 5) is 8.22. The predicted molar refractivity (Wildman–Crippen MR) is 105 cm³/mol. The van der Waals surface area contributed by atoms with Crippen molar-refractivity contribution in [3.05, 3.63) is 59.9 Å². The summed E-state index contributed by atoms with van der Waals surface area (Å²) in [6.45, 7) is 1.30. The summed E-state index contributed by atoms with van der Waals surface area (Å²) in [5.41, 5.74) is 14.0. The second-order valence-corrected chi connectivity index (χ2v) is 6.29. The summed E-state index contributed by atoms with van der Waals surface area (Å²) in [6, 6.07) is 11.8. The number of nitrogens with two attached hydrogens (primary N) is 2. The van der Waals surface area contributed by atoms with E-state index in [2.05, 4.69) is 20.4 Å². The third-order valence-electron chi connectivity index (χ3n) is 4.12. The zero-order chi connectivity index (χ0) is 19.1. The Morgan fingerprint density at radius 1 is 1.26 bits per heavy atom. The lowest BCUT2D eigenvalue weighted by Crippen LogP contribution is -2.14. The maximum absolute atomic E-state index is 6.33. The summed E-state index contributed by atoms with van der Waals surface area (Å²) in [7, 11) is 1.79. The van der Waals surface area contributed by atoms with Crippen molar-refractivity contribution in [3.63, 3.8) is 0 Å². The summed E-state index contributed by atoms with van der Waals surface area (Å²) < 4.78 is 7.46. The molecule has 0 aliphatic rings. The van der Waals surface area contributed by atoms with Gasteiger partial charge in [0.05, 0.1) is 6.61 Å². The monoisotopic (exact) mass is 367 g/mol. The molecular weight excluding hydrogens is 342 g/mol. The first kappa shape index (κ1) is 18.7. The van der Waals surface area contributed by atoms with Crippen LogP contribution in [0.25, 0.3) is 0 Å². The van der Waals surface area contributed by atoms with Crippen LogP contribution in [0.15, 0.2) is 48.8 Å². The van der Waals surface area contributed by atoms with Crippen LogP contribution < -0.4 is 21.5 Å². The van der Waals surface area contributed by atoms with Crippen LogP contribution in [-0.4, -0.2) is 32.9 Å². The van der Waals surface area contributed by atoms with E-state index in [9.17, 15) is 0 Å². The van der Waals surface area contributed by atoms with Crippen LogP contribution >= 0.6 is 0 Å². The fraction of sp³-hybridized carbons (Fsp3) is 0.316. The number of aryl methyl sites for hydroxylation is 1. The van der Waals surface area contributed by atoms with Gasteiger partial charge in [-0.1, -0.05) is 18.2 Å². The molecule has 8 nitrogen and oxygen atoms in total. The van der Waals surface area contributed by atoms with Crippen molar-refractivity contribution in [1.82, 2.24) is 19.7 Å². The Bertz CT molecular complexity index is 850. The highest BCUT2D eigenvalue weighted by Gasteiger charge is 2.08. The van der Waals surface area contributed by atoms with Gasteiger partial charge in [-0.3, -0.25) is 4.98 Å². The minimum absolute atomic E-state index is 0.0965. The Morgan fingerprint density at radius 2 is 2.15 bits per heavy atom. The van der Waals surface area contributed by atoms with E-state index >= 15 is 0 Å². The number of hydrogen-bond donors (Lipinski definition) is 3. The fourth-order valence-electron chi connectivity index (χ4n) is 2.75. The number of ether oxygens (including phenoxy) is 1. The topological polar surface area (TPSA) is 117 Å². The third kappa shape index (κ3) is 5.42. The molecule has 0 aliphatic heterocycles. The summed E-state index contributed by atoms with van der Waals surface area (Å²) >= 11 is 0. The van der Waals surface area contributed by atoms with Gasteiger partial charge in [0.2, 0.25) is 11.9 Å². The maximum atomic E-state index is 6.33. The summed E-state index contributed by atoms with van der Waals surface area (Å²) in [6.07, 6.45) is 5.16. The van der Waals surface area contributed by atoms with Crippen molar-refractivity contribution >= 4 is 11.9 Å². The lowest BCUT2D eigenvalue weighted by Gasteiger charge is -2.14. The molecule has 2 heterocycles. The van der Waals surface area contributed by atoms with Crippen LogP contribution in [0.5, 0.6) is 5.75 Å². The number of aromatic nitrogens is 4. The van der Waals surface area contributed by atoms with Gasteiger partial charge in [0, 0.05) is 32.0 Å². The lowest BCUT2D eigenvalue weighted by atomic mass is 10.0. The van der Waals surface area contributed by atoms with E-state index < -0.39 is 0 Å². The number of benzene rings is 1. The molecule has 27 heavy (non-hydrogen) atoms. The van der Waals surface area contributed by atoms with E-state index in [0.717, 1.165) is 29.7 Å². The molecule has 3 rings (SSSR count). The first-order chi connectivity index (χ1) is 13.1. The van der Waals surface area contributed by atoms with Crippen molar-refractivity contribution in [3.8, 4) is 5.75 Å². The molecule has 0 saturated heterocycles. The van der Waals surface area contributed by atoms with Gasteiger partial charge in [-0.2, -0.15) is 4.98 Å². The Labute approximate surface area is 158 Å². The quantitative estimate of drug-likeness (QED) is 0.495. The molecule has 0 bridgehead atoms. The van der Waals surface area contributed by atoms with E-state index in [1.54, 1.807) is 17.9 Å². The van der Waals surface area contributed by atoms with Crippen LogP contribution in [-0.2, 0) is 13.5 Å². The van der Waals surface area contributed by atoms with Gasteiger partial charge in [0.1, 0.15) is 5.75 Å². The highest BCUT2D eigenvalue weighted by molar-refractivity contribution is 5.32. The number of nitrogens with zero attached hydrogens (tertiary/aromatic N) is 4. The van der Waals surface area contributed by atoms with Gasteiger partial charge in [-0.05, 0) is 42.2 Å². The van der Waals surface area contributed by atoms with Crippen LogP contribution in [0.4, 0.5) is 11.9 Å². The Balaban J connectivity index is 1.45. The molecule has 1 aromatic carbocycles. The van der Waals surface area contributed by atoms with Crippen LogP contribution in [0.1, 0.15) is 23.6 Å². The Kier molecular flexibility index (Phi) is 6.22. The molecule has 0 fully saturated rings.